The van der Waals surface area contributed by atoms with E-state index in [1.807, 2.05) is 43.3 Å². The number of amides is 1. The summed E-state index contributed by atoms with van der Waals surface area (Å²) in [7, 11) is 0. The van der Waals surface area contributed by atoms with Crippen molar-refractivity contribution in [3.05, 3.63) is 58.6 Å². The molecule has 4 heteroatoms. The van der Waals surface area contributed by atoms with E-state index < -0.39 is 0 Å². The summed E-state index contributed by atoms with van der Waals surface area (Å²) in [5.74, 6) is 0.0283. The smallest absolute Gasteiger partial charge is 0.224 e. The summed E-state index contributed by atoms with van der Waals surface area (Å²) in [4.78, 5) is 11.3. The van der Waals surface area contributed by atoms with Crippen molar-refractivity contribution in [1.82, 2.24) is 0 Å². The molecule has 0 fully saturated rings. The Morgan fingerprint density at radius 1 is 1.00 bits per heavy atom. The summed E-state index contributed by atoms with van der Waals surface area (Å²) in [6.45, 7) is 2.61. The molecule has 0 aliphatic rings. The van der Waals surface area contributed by atoms with E-state index in [1.165, 1.54) is 5.56 Å². The van der Waals surface area contributed by atoms with E-state index in [2.05, 4.69) is 38.7 Å². The molecule has 0 aliphatic heterocycles. The van der Waals surface area contributed by atoms with E-state index in [0.717, 1.165) is 22.4 Å². The van der Waals surface area contributed by atoms with E-state index in [0.29, 0.717) is 6.42 Å². The number of nitrogens with one attached hydrogen (secondary N) is 2. The van der Waals surface area contributed by atoms with Gasteiger partial charge in [0.1, 0.15) is 0 Å². The van der Waals surface area contributed by atoms with E-state index in [-0.39, 0.29) is 5.91 Å². The lowest BCUT2D eigenvalue weighted by atomic mass is 10.2. The minimum atomic E-state index is 0.0283. The van der Waals surface area contributed by atoms with Gasteiger partial charge in [-0.2, -0.15) is 0 Å². The Kier molecular flexibility index (Phi) is 5.18. The molecule has 0 bridgehead atoms. The number of benzene rings is 2. The van der Waals surface area contributed by atoms with Gasteiger partial charge in [0.25, 0.3) is 0 Å². The van der Waals surface area contributed by atoms with Crippen LogP contribution in [0.5, 0.6) is 0 Å². The van der Waals surface area contributed by atoms with E-state index in [9.17, 15) is 4.79 Å². The summed E-state index contributed by atoms with van der Waals surface area (Å²) in [5, 5.41) is 6.17. The minimum Gasteiger partial charge on any atom is -0.381 e. The zero-order chi connectivity index (χ0) is 14.4. The molecule has 2 N–H and O–H groups in total. The molecule has 0 unspecified atom stereocenters. The standard InChI is InChI=1S/C16H17BrN2O/c1-2-16(20)19-15-9-7-14(8-10-15)18-11-12-3-5-13(17)6-4-12/h3-10,18H,2,11H2,1H3,(H,19,20). The third-order valence-electron chi connectivity index (χ3n) is 2.90. The van der Waals surface area contributed by atoms with Crippen LogP contribution < -0.4 is 10.6 Å². The SMILES string of the molecule is CCC(=O)Nc1ccc(NCc2ccc(Br)cc2)cc1. The molecule has 0 saturated carbocycles. The monoisotopic (exact) mass is 332 g/mol. The molecule has 1 amide bonds. The molecule has 3 nitrogen and oxygen atoms in total. The van der Waals surface area contributed by atoms with Crippen molar-refractivity contribution >= 4 is 33.2 Å². The van der Waals surface area contributed by atoms with Gasteiger partial charge in [0, 0.05) is 28.8 Å². The first-order chi connectivity index (χ1) is 9.67. The highest BCUT2D eigenvalue weighted by molar-refractivity contribution is 9.10. The van der Waals surface area contributed by atoms with Gasteiger partial charge >= 0.3 is 0 Å². The molecule has 0 saturated heterocycles. The quantitative estimate of drug-likeness (QED) is 0.851. The topological polar surface area (TPSA) is 41.1 Å². The molecule has 0 heterocycles. The van der Waals surface area contributed by atoms with Gasteiger partial charge in [0.15, 0.2) is 0 Å². The van der Waals surface area contributed by atoms with Crippen molar-refractivity contribution < 1.29 is 4.79 Å². The molecule has 104 valence electrons. The van der Waals surface area contributed by atoms with Crippen LogP contribution in [-0.2, 0) is 11.3 Å². The van der Waals surface area contributed by atoms with Crippen LogP contribution in [0.15, 0.2) is 53.0 Å². The van der Waals surface area contributed by atoms with Crippen molar-refractivity contribution in [1.29, 1.82) is 0 Å². The number of hydrogen-bond donors (Lipinski definition) is 2. The molecule has 0 atom stereocenters. The second-order valence-electron chi connectivity index (χ2n) is 4.46. The first-order valence-electron chi connectivity index (χ1n) is 6.55. The Hall–Kier alpha value is -1.81. The number of halogens is 1. The van der Waals surface area contributed by atoms with Crippen molar-refractivity contribution in [3.63, 3.8) is 0 Å². The molecule has 0 radical (unpaired) electrons. The van der Waals surface area contributed by atoms with Crippen LogP contribution in [0.1, 0.15) is 18.9 Å². The number of carbonyl (C=O) groups excluding carboxylic acids is 1. The van der Waals surface area contributed by atoms with E-state index in [4.69, 9.17) is 0 Å². The summed E-state index contributed by atoms with van der Waals surface area (Å²) < 4.78 is 1.08. The summed E-state index contributed by atoms with van der Waals surface area (Å²) in [5.41, 5.74) is 3.07. The predicted octanol–water partition coefficient (Wildman–Crippen LogP) is 4.41. The van der Waals surface area contributed by atoms with Gasteiger partial charge in [-0.3, -0.25) is 4.79 Å². The Labute approximate surface area is 127 Å². The first-order valence-corrected chi connectivity index (χ1v) is 7.35. The fourth-order valence-electron chi connectivity index (χ4n) is 1.73. The Bertz CT molecular complexity index is 564. The van der Waals surface area contributed by atoms with Gasteiger partial charge in [-0.25, -0.2) is 0 Å². The van der Waals surface area contributed by atoms with Crippen LogP contribution in [0.25, 0.3) is 0 Å². The molecule has 0 aromatic heterocycles. The normalized spacial score (nSPS) is 10.1. The third kappa shape index (κ3) is 4.38. The van der Waals surface area contributed by atoms with E-state index >= 15 is 0 Å². The first kappa shape index (κ1) is 14.6. The average molecular weight is 333 g/mol. The maximum atomic E-state index is 11.3. The maximum Gasteiger partial charge on any atom is 0.224 e. The van der Waals surface area contributed by atoms with Gasteiger partial charge in [-0.1, -0.05) is 35.0 Å². The van der Waals surface area contributed by atoms with Crippen LogP contribution in [0, 0.1) is 0 Å². The number of carbonyl (C=O) groups is 1. The van der Waals surface area contributed by atoms with Gasteiger partial charge < -0.3 is 10.6 Å². The number of rotatable bonds is 5. The van der Waals surface area contributed by atoms with Crippen LogP contribution >= 0.6 is 15.9 Å². The Morgan fingerprint density at radius 3 is 2.20 bits per heavy atom. The second kappa shape index (κ2) is 7.10. The second-order valence-corrected chi connectivity index (χ2v) is 5.37. The maximum absolute atomic E-state index is 11.3. The zero-order valence-corrected chi connectivity index (χ0v) is 12.9. The largest absolute Gasteiger partial charge is 0.381 e. The summed E-state index contributed by atoms with van der Waals surface area (Å²) >= 11 is 3.42. The molecule has 0 aliphatic carbocycles. The Balaban J connectivity index is 1.90. The highest BCUT2D eigenvalue weighted by Gasteiger charge is 1.99. The third-order valence-corrected chi connectivity index (χ3v) is 3.43. The fourth-order valence-corrected chi connectivity index (χ4v) is 1.99. The number of anilines is 2. The fraction of sp³-hybridized carbons (Fsp3) is 0.188. The highest BCUT2D eigenvalue weighted by atomic mass is 79.9. The predicted molar refractivity (Wildman–Crippen MR) is 86.8 cm³/mol. The molecule has 2 aromatic rings. The highest BCUT2D eigenvalue weighted by Crippen LogP contribution is 2.16. The lowest BCUT2D eigenvalue weighted by Gasteiger charge is -2.08. The minimum absolute atomic E-state index is 0.0283. The number of hydrogen-bond acceptors (Lipinski definition) is 2. The van der Waals surface area contributed by atoms with Crippen LogP contribution in [0.4, 0.5) is 11.4 Å². The van der Waals surface area contributed by atoms with Crippen molar-refractivity contribution in [3.8, 4) is 0 Å². The van der Waals surface area contributed by atoms with Crippen LogP contribution in [0.2, 0.25) is 0 Å². The summed E-state index contributed by atoms with van der Waals surface area (Å²) in [6.07, 6.45) is 0.490. The average Bonchev–Trinajstić information content (AvgIpc) is 2.48. The van der Waals surface area contributed by atoms with Crippen molar-refractivity contribution in [2.24, 2.45) is 0 Å². The molecular weight excluding hydrogens is 316 g/mol. The molecule has 20 heavy (non-hydrogen) atoms. The summed E-state index contributed by atoms with van der Waals surface area (Å²) in [6, 6.07) is 15.9. The van der Waals surface area contributed by atoms with Crippen molar-refractivity contribution in [2.75, 3.05) is 10.6 Å². The molecule has 2 aromatic carbocycles. The van der Waals surface area contributed by atoms with Crippen LogP contribution in [0.3, 0.4) is 0 Å². The van der Waals surface area contributed by atoms with Gasteiger partial charge in [0.05, 0.1) is 0 Å². The molecule has 2 rings (SSSR count). The van der Waals surface area contributed by atoms with E-state index in [1.54, 1.807) is 0 Å². The van der Waals surface area contributed by atoms with Gasteiger partial charge in [-0.05, 0) is 42.0 Å². The zero-order valence-electron chi connectivity index (χ0n) is 11.3. The van der Waals surface area contributed by atoms with Gasteiger partial charge in [-0.15, -0.1) is 0 Å². The molecule has 0 spiro atoms. The Morgan fingerprint density at radius 2 is 1.60 bits per heavy atom. The molecular formula is C16H17BrN2O. The lowest BCUT2D eigenvalue weighted by Crippen LogP contribution is -2.09. The van der Waals surface area contributed by atoms with Crippen molar-refractivity contribution in [2.45, 2.75) is 19.9 Å². The van der Waals surface area contributed by atoms with Crippen LogP contribution in [-0.4, -0.2) is 5.91 Å². The lowest BCUT2D eigenvalue weighted by molar-refractivity contribution is -0.115. The van der Waals surface area contributed by atoms with Gasteiger partial charge in [0.2, 0.25) is 5.91 Å².